The molecule has 0 radical (unpaired) electrons. The van der Waals surface area contributed by atoms with E-state index < -0.39 is 0 Å². The summed E-state index contributed by atoms with van der Waals surface area (Å²) in [5.41, 5.74) is 8.26. The highest BCUT2D eigenvalue weighted by Gasteiger charge is 2.15. The summed E-state index contributed by atoms with van der Waals surface area (Å²) in [5.74, 6) is 0. The van der Waals surface area contributed by atoms with Crippen LogP contribution in [0.15, 0.2) is 35.1 Å². The molecule has 4 heteroatoms. The quantitative estimate of drug-likeness (QED) is 0.850. The Labute approximate surface area is 92.8 Å². The van der Waals surface area contributed by atoms with E-state index >= 15 is 0 Å². The number of hydrogen-bond acceptors (Lipinski definition) is 3. The molecule has 0 fully saturated rings. The highest BCUT2D eigenvalue weighted by molar-refractivity contribution is 6.33. The van der Waals surface area contributed by atoms with E-state index in [2.05, 4.69) is 5.16 Å². The van der Waals surface area contributed by atoms with Crippen LogP contribution in [-0.2, 0) is 0 Å². The Kier molecular flexibility index (Phi) is 2.75. The number of rotatable bonds is 2. The molecule has 1 aromatic carbocycles. The van der Waals surface area contributed by atoms with Crippen LogP contribution in [0.3, 0.4) is 0 Å². The lowest BCUT2D eigenvalue weighted by atomic mass is 10.0. The van der Waals surface area contributed by atoms with Crippen molar-refractivity contribution in [2.24, 2.45) is 5.73 Å². The van der Waals surface area contributed by atoms with Gasteiger partial charge >= 0.3 is 0 Å². The molecule has 0 spiro atoms. The lowest BCUT2D eigenvalue weighted by Gasteiger charge is -2.05. The Bertz CT molecular complexity index is 465. The SMILES string of the molecule is CC(N)c1nocc1-c1ccccc1Cl. The number of hydrogen-bond donors (Lipinski definition) is 1. The first-order valence-corrected chi connectivity index (χ1v) is 5.02. The summed E-state index contributed by atoms with van der Waals surface area (Å²) in [6, 6.07) is 7.37. The van der Waals surface area contributed by atoms with Crippen molar-refractivity contribution in [2.75, 3.05) is 0 Å². The average molecular weight is 223 g/mol. The molecular weight excluding hydrogens is 212 g/mol. The molecule has 0 aliphatic heterocycles. The molecule has 2 aromatic rings. The Balaban J connectivity index is 2.55. The molecule has 1 atom stereocenters. The fourth-order valence-electron chi connectivity index (χ4n) is 1.45. The van der Waals surface area contributed by atoms with Gasteiger partial charge in [-0.25, -0.2) is 0 Å². The van der Waals surface area contributed by atoms with Gasteiger partial charge in [0.2, 0.25) is 0 Å². The van der Waals surface area contributed by atoms with Crippen LogP contribution in [0.2, 0.25) is 5.02 Å². The number of halogens is 1. The molecule has 0 amide bonds. The molecule has 2 N–H and O–H groups in total. The van der Waals surface area contributed by atoms with Crippen molar-refractivity contribution in [2.45, 2.75) is 13.0 Å². The van der Waals surface area contributed by atoms with E-state index in [9.17, 15) is 0 Å². The molecule has 1 unspecified atom stereocenters. The third-order valence-electron chi connectivity index (χ3n) is 2.19. The predicted molar refractivity (Wildman–Crippen MR) is 59.6 cm³/mol. The second-order valence-electron chi connectivity index (χ2n) is 3.38. The van der Waals surface area contributed by atoms with Crippen LogP contribution in [0.4, 0.5) is 0 Å². The molecule has 1 aromatic heterocycles. The zero-order valence-electron chi connectivity index (χ0n) is 8.27. The van der Waals surface area contributed by atoms with E-state index in [1.54, 1.807) is 6.26 Å². The monoisotopic (exact) mass is 222 g/mol. The Hall–Kier alpha value is -1.32. The lowest BCUT2D eigenvalue weighted by molar-refractivity contribution is 0.407. The normalized spacial score (nSPS) is 12.7. The number of nitrogens with two attached hydrogens (primary N) is 1. The zero-order chi connectivity index (χ0) is 10.8. The fourth-order valence-corrected chi connectivity index (χ4v) is 1.69. The van der Waals surface area contributed by atoms with Crippen molar-refractivity contribution < 1.29 is 4.52 Å². The van der Waals surface area contributed by atoms with Crippen LogP contribution in [0.5, 0.6) is 0 Å². The van der Waals surface area contributed by atoms with Crippen LogP contribution in [0.1, 0.15) is 18.7 Å². The second-order valence-corrected chi connectivity index (χ2v) is 3.79. The Morgan fingerprint density at radius 2 is 2.07 bits per heavy atom. The Morgan fingerprint density at radius 1 is 1.33 bits per heavy atom. The molecule has 3 nitrogen and oxygen atoms in total. The van der Waals surface area contributed by atoms with Gasteiger partial charge in [0.15, 0.2) is 0 Å². The molecule has 0 aliphatic carbocycles. The first-order chi connectivity index (χ1) is 7.20. The van der Waals surface area contributed by atoms with Gasteiger partial charge in [-0.1, -0.05) is 35.0 Å². The summed E-state index contributed by atoms with van der Waals surface area (Å²) >= 11 is 6.08. The lowest BCUT2D eigenvalue weighted by Crippen LogP contribution is -2.06. The maximum absolute atomic E-state index is 6.08. The van der Waals surface area contributed by atoms with Crippen molar-refractivity contribution in [1.82, 2.24) is 5.16 Å². The van der Waals surface area contributed by atoms with Crippen LogP contribution < -0.4 is 5.73 Å². The number of benzene rings is 1. The van der Waals surface area contributed by atoms with Gasteiger partial charge in [0, 0.05) is 22.2 Å². The van der Waals surface area contributed by atoms with Gasteiger partial charge in [-0.3, -0.25) is 0 Å². The van der Waals surface area contributed by atoms with Gasteiger partial charge < -0.3 is 10.3 Å². The van der Waals surface area contributed by atoms with Crippen molar-refractivity contribution in [3.05, 3.63) is 41.2 Å². The predicted octanol–water partition coefficient (Wildman–Crippen LogP) is 3.01. The van der Waals surface area contributed by atoms with E-state index in [4.69, 9.17) is 21.9 Å². The number of aromatic nitrogens is 1. The van der Waals surface area contributed by atoms with Gasteiger partial charge in [-0.2, -0.15) is 0 Å². The van der Waals surface area contributed by atoms with E-state index in [1.807, 2.05) is 31.2 Å². The highest BCUT2D eigenvalue weighted by Crippen LogP contribution is 2.31. The average Bonchev–Trinajstić information content (AvgIpc) is 2.67. The minimum absolute atomic E-state index is 0.171. The molecule has 1 heterocycles. The van der Waals surface area contributed by atoms with Crippen LogP contribution in [-0.4, -0.2) is 5.16 Å². The molecule has 78 valence electrons. The van der Waals surface area contributed by atoms with Crippen molar-refractivity contribution in [3.8, 4) is 11.1 Å². The molecule has 15 heavy (non-hydrogen) atoms. The van der Waals surface area contributed by atoms with Crippen LogP contribution in [0.25, 0.3) is 11.1 Å². The van der Waals surface area contributed by atoms with Gasteiger partial charge in [0.1, 0.15) is 12.0 Å². The number of nitrogens with zero attached hydrogens (tertiary/aromatic N) is 1. The zero-order valence-corrected chi connectivity index (χ0v) is 9.03. The largest absolute Gasteiger partial charge is 0.364 e. The van der Waals surface area contributed by atoms with E-state index in [-0.39, 0.29) is 6.04 Å². The molecule has 2 rings (SSSR count). The van der Waals surface area contributed by atoms with Crippen molar-refractivity contribution in [3.63, 3.8) is 0 Å². The summed E-state index contributed by atoms with van der Waals surface area (Å²) in [5, 5.41) is 4.54. The minimum Gasteiger partial charge on any atom is -0.364 e. The van der Waals surface area contributed by atoms with E-state index in [0.717, 1.165) is 16.8 Å². The maximum Gasteiger partial charge on any atom is 0.132 e. The third kappa shape index (κ3) is 1.89. The molecule has 0 saturated carbocycles. The molecule has 0 bridgehead atoms. The minimum atomic E-state index is -0.171. The Morgan fingerprint density at radius 3 is 2.73 bits per heavy atom. The van der Waals surface area contributed by atoms with E-state index in [1.165, 1.54) is 0 Å². The van der Waals surface area contributed by atoms with E-state index in [0.29, 0.717) is 5.02 Å². The summed E-state index contributed by atoms with van der Waals surface area (Å²) in [7, 11) is 0. The molecular formula is C11H11ClN2O. The van der Waals surface area contributed by atoms with Crippen LogP contribution in [0, 0.1) is 0 Å². The summed E-state index contributed by atoms with van der Waals surface area (Å²) < 4.78 is 4.93. The van der Waals surface area contributed by atoms with Crippen molar-refractivity contribution in [1.29, 1.82) is 0 Å². The van der Waals surface area contributed by atoms with Gasteiger partial charge in [0.05, 0.1) is 0 Å². The van der Waals surface area contributed by atoms with Crippen molar-refractivity contribution >= 4 is 11.6 Å². The molecule has 0 saturated heterocycles. The summed E-state index contributed by atoms with van der Waals surface area (Å²) in [6.45, 7) is 1.86. The third-order valence-corrected chi connectivity index (χ3v) is 2.52. The summed E-state index contributed by atoms with van der Waals surface area (Å²) in [6.07, 6.45) is 1.57. The smallest absolute Gasteiger partial charge is 0.132 e. The van der Waals surface area contributed by atoms with Gasteiger partial charge in [0.25, 0.3) is 0 Å². The first kappa shape index (κ1) is 10.2. The van der Waals surface area contributed by atoms with Crippen LogP contribution >= 0.6 is 11.6 Å². The first-order valence-electron chi connectivity index (χ1n) is 4.65. The highest BCUT2D eigenvalue weighted by atomic mass is 35.5. The topological polar surface area (TPSA) is 52.0 Å². The molecule has 0 aliphatic rings. The maximum atomic E-state index is 6.08. The van der Waals surface area contributed by atoms with Gasteiger partial charge in [-0.15, -0.1) is 0 Å². The second kappa shape index (κ2) is 4.04. The standard InChI is InChI=1S/C11H11ClN2O/c1-7(13)11-9(6-15-14-11)8-4-2-3-5-10(8)12/h2-7H,13H2,1H3. The fraction of sp³-hybridized carbons (Fsp3) is 0.182. The van der Waals surface area contributed by atoms with Gasteiger partial charge in [-0.05, 0) is 13.0 Å². The summed E-state index contributed by atoms with van der Waals surface area (Å²) in [4.78, 5) is 0.